The van der Waals surface area contributed by atoms with E-state index in [0.717, 1.165) is 29.1 Å². The maximum atomic E-state index is 14.5. The summed E-state index contributed by atoms with van der Waals surface area (Å²) in [7, 11) is 0. The minimum Gasteiger partial charge on any atom is -0.369 e. The summed E-state index contributed by atoms with van der Waals surface area (Å²) >= 11 is 0. The maximum absolute atomic E-state index is 14.5. The zero-order valence-electron chi connectivity index (χ0n) is 16.5. The van der Waals surface area contributed by atoms with Gasteiger partial charge in [0.05, 0.1) is 25.0 Å². The van der Waals surface area contributed by atoms with E-state index in [1.807, 2.05) is 6.07 Å². The molecule has 1 saturated carbocycles. The molecular formula is C21H19F3N6O. The molecule has 2 aliphatic heterocycles. The van der Waals surface area contributed by atoms with Gasteiger partial charge in [-0.3, -0.25) is 0 Å². The van der Waals surface area contributed by atoms with E-state index in [-0.39, 0.29) is 5.69 Å². The lowest BCUT2D eigenvalue weighted by atomic mass is 9.96. The van der Waals surface area contributed by atoms with Gasteiger partial charge in [0.1, 0.15) is 11.5 Å². The predicted octanol–water partition coefficient (Wildman–Crippen LogP) is 3.64. The van der Waals surface area contributed by atoms with Gasteiger partial charge in [0.25, 0.3) is 5.92 Å². The third kappa shape index (κ3) is 3.17. The van der Waals surface area contributed by atoms with E-state index in [9.17, 15) is 18.0 Å². The number of pyridine rings is 1. The quantitative estimate of drug-likeness (QED) is 0.692. The summed E-state index contributed by atoms with van der Waals surface area (Å²) in [4.78, 5) is 19.8. The highest BCUT2D eigenvalue weighted by Crippen LogP contribution is 2.53. The Morgan fingerprint density at radius 3 is 2.58 bits per heavy atom. The number of hydrogen-bond donors (Lipinski definition) is 1. The number of amides is 2. The molecule has 6 rings (SSSR count). The first-order chi connectivity index (χ1) is 14.8. The summed E-state index contributed by atoms with van der Waals surface area (Å²) < 4.78 is 41.9. The lowest BCUT2D eigenvalue weighted by molar-refractivity contribution is -0.107. The fraction of sp³-hybridized carbons (Fsp3) is 0.381. The number of likely N-dealkylation sites (tertiary alicyclic amines) is 1. The number of carbonyl (C=O) groups is 1. The molecule has 10 heteroatoms. The number of rotatable bonds is 3. The zero-order valence-corrected chi connectivity index (χ0v) is 16.5. The van der Waals surface area contributed by atoms with Crippen LogP contribution in [0.4, 0.5) is 29.3 Å². The van der Waals surface area contributed by atoms with Gasteiger partial charge >= 0.3 is 6.03 Å². The SMILES string of the molecule is O=C(Nc1ccc(F)c(-n2cc3cc(N4CC5(CC5)C4)cnc3n2)c1)N1CC(F)(F)C1. The Morgan fingerprint density at radius 2 is 1.87 bits per heavy atom. The van der Waals surface area contributed by atoms with Gasteiger partial charge in [-0.25, -0.2) is 27.6 Å². The number of anilines is 2. The van der Waals surface area contributed by atoms with E-state index < -0.39 is 30.9 Å². The van der Waals surface area contributed by atoms with Crippen LogP contribution in [-0.4, -0.2) is 57.8 Å². The van der Waals surface area contributed by atoms with Crippen molar-refractivity contribution in [1.29, 1.82) is 0 Å². The Morgan fingerprint density at radius 1 is 1.10 bits per heavy atom. The first kappa shape index (κ1) is 18.5. The van der Waals surface area contributed by atoms with Gasteiger partial charge in [-0.1, -0.05) is 0 Å². The van der Waals surface area contributed by atoms with Gasteiger partial charge in [0.2, 0.25) is 0 Å². The van der Waals surface area contributed by atoms with Crippen LogP contribution in [0.3, 0.4) is 0 Å². The largest absolute Gasteiger partial charge is 0.369 e. The minimum atomic E-state index is -2.85. The monoisotopic (exact) mass is 428 g/mol. The van der Waals surface area contributed by atoms with Gasteiger partial charge < -0.3 is 15.1 Å². The Balaban J connectivity index is 1.24. The van der Waals surface area contributed by atoms with Crippen LogP contribution in [0.1, 0.15) is 12.8 Å². The van der Waals surface area contributed by atoms with Gasteiger partial charge in [0.15, 0.2) is 5.65 Å². The van der Waals surface area contributed by atoms with E-state index >= 15 is 0 Å². The summed E-state index contributed by atoms with van der Waals surface area (Å²) in [6.07, 6.45) is 6.07. The number of nitrogens with one attached hydrogen (secondary N) is 1. The van der Waals surface area contributed by atoms with Crippen molar-refractivity contribution in [2.45, 2.75) is 18.8 Å². The molecule has 0 radical (unpaired) electrons. The third-order valence-corrected chi connectivity index (χ3v) is 6.30. The lowest BCUT2D eigenvalue weighted by Gasteiger charge is -2.41. The number of hydrogen-bond acceptors (Lipinski definition) is 4. The number of urea groups is 1. The van der Waals surface area contributed by atoms with Crippen molar-refractivity contribution in [3.05, 3.63) is 42.5 Å². The maximum Gasteiger partial charge on any atom is 0.322 e. The Labute approximate surface area is 175 Å². The molecule has 1 spiro atoms. The Kier molecular flexibility index (Phi) is 3.64. The van der Waals surface area contributed by atoms with Crippen molar-refractivity contribution in [1.82, 2.24) is 19.7 Å². The van der Waals surface area contributed by atoms with Crippen LogP contribution >= 0.6 is 0 Å². The van der Waals surface area contributed by atoms with Crippen molar-refractivity contribution in [3.63, 3.8) is 0 Å². The first-order valence-electron chi connectivity index (χ1n) is 10.1. The minimum absolute atomic E-state index is 0.132. The average Bonchev–Trinajstić information content (AvgIpc) is 3.38. The fourth-order valence-corrected chi connectivity index (χ4v) is 4.26. The van der Waals surface area contributed by atoms with Crippen LogP contribution in [0.15, 0.2) is 36.7 Å². The van der Waals surface area contributed by atoms with Crippen molar-refractivity contribution < 1.29 is 18.0 Å². The standard InChI is InChI=1S/C21H19F3N6O/c22-16-2-1-14(26-19(31)29-11-21(23,24)12-29)6-17(16)30-8-13-5-15(7-25-18(13)27-30)28-9-20(10-28)3-4-20/h1-2,5-8H,3-4,9-12H2,(H,26,31). The number of halogens is 3. The smallest absolute Gasteiger partial charge is 0.322 e. The second kappa shape index (κ2) is 6.12. The highest BCUT2D eigenvalue weighted by atomic mass is 19.3. The second-order valence-corrected chi connectivity index (χ2v) is 8.84. The molecule has 0 unspecified atom stereocenters. The molecule has 1 N–H and O–H groups in total. The molecule has 2 aromatic heterocycles. The molecule has 3 aromatic rings. The van der Waals surface area contributed by atoms with Crippen LogP contribution in [0.5, 0.6) is 0 Å². The molecule has 2 amide bonds. The van der Waals surface area contributed by atoms with Crippen molar-refractivity contribution >= 4 is 28.4 Å². The summed E-state index contributed by atoms with van der Waals surface area (Å²) in [5, 5.41) is 7.67. The number of nitrogens with zero attached hydrogens (tertiary/aromatic N) is 5. The van der Waals surface area contributed by atoms with E-state index in [0.29, 0.717) is 16.7 Å². The average molecular weight is 428 g/mol. The van der Waals surface area contributed by atoms with Gasteiger partial charge in [0, 0.05) is 35.8 Å². The Hall–Kier alpha value is -3.30. The predicted molar refractivity (Wildman–Crippen MR) is 108 cm³/mol. The first-order valence-corrected chi connectivity index (χ1v) is 10.1. The van der Waals surface area contributed by atoms with Crippen LogP contribution in [0, 0.1) is 11.2 Å². The van der Waals surface area contributed by atoms with Gasteiger partial charge in [-0.05, 0) is 37.1 Å². The molecule has 7 nitrogen and oxygen atoms in total. The molecule has 3 fully saturated rings. The van der Waals surface area contributed by atoms with Crippen LogP contribution in [-0.2, 0) is 0 Å². The van der Waals surface area contributed by atoms with Crippen LogP contribution in [0.2, 0.25) is 0 Å². The molecule has 2 saturated heterocycles. The summed E-state index contributed by atoms with van der Waals surface area (Å²) in [6.45, 7) is 0.856. The highest BCUT2D eigenvalue weighted by molar-refractivity contribution is 5.90. The summed E-state index contributed by atoms with van der Waals surface area (Å²) in [6, 6.07) is 5.35. The van der Waals surface area contributed by atoms with Crippen molar-refractivity contribution in [3.8, 4) is 5.69 Å². The fourth-order valence-electron chi connectivity index (χ4n) is 4.26. The van der Waals surface area contributed by atoms with Gasteiger partial charge in [-0.2, -0.15) is 0 Å². The number of fused-ring (bicyclic) bond motifs is 1. The molecule has 160 valence electrons. The number of alkyl halides is 2. The number of aromatic nitrogens is 3. The normalized spacial score (nSPS) is 20.5. The van der Waals surface area contributed by atoms with Crippen LogP contribution < -0.4 is 10.2 Å². The molecule has 3 aliphatic rings. The van der Waals surface area contributed by atoms with E-state index in [2.05, 4.69) is 20.3 Å². The van der Waals surface area contributed by atoms with Crippen molar-refractivity contribution in [2.24, 2.45) is 5.41 Å². The van der Waals surface area contributed by atoms with Gasteiger partial charge in [-0.15, -0.1) is 5.10 Å². The summed E-state index contributed by atoms with van der Waals surface area (Å²) in [5.41, 5.74) is 2.46. The molecular weight excluding hydrogens is 409 g/mol. The van der Waals surface area contributed by atoms with Crippen LogP contribution in [0.25, 0.3) is 16.7 Å². The molecule has 1 aromatic carbocycles. The number of benzene rings is 1. The highest BCUT2D eigenvalue weighted by Gasteiger charge is 2.52. The topological polar surface area (TPSA) is 66.3 Å². The second-order valence-electron chi connectivity index (χ2n) is 8.84. The third-order valence-electron chi connectivity index (χ3n) is 6.30. The zero-order chi connectivity index (χ0) is 21.4. The lowest BCUT2D eigenvalue weighted by Crippen LogP contribution is -2.59. The Bertz CT molecular complexity index is 1210. The molecule has 0 bridgehead atoms. The molecule has 1 aliphatic carbocycles. The van der Waals surface area contributed by atoms with E-state index in [1.165, 1.54) is 35.7 Å². The molecule has 0 atom stereocenters. The summed E-state index contributed by atoms with van der Waals surface area (Å²) in [5.74, 6) is -3.37. The van der Waals surface area contributed by atoms with E-state index in [4.69, 9.17) is 0 Å². The van der Waals surface area contributed by atoms with E-state index in [1.54, 1.807) is 12.4 Å². The number of carbonyl (C=O) groups excluding carboxylic acids is 1. The van der Waals surface area contributed by atoms with Crippen molar-refractivity contribution in [2.75, 3.05) is 36.4 Å². The molecule has 4 heterocycles. The molecule has 31 heavy (non-hydrogen) atoms.